The molecule has 7 nitrogen and oxygen atoms in total. The van der Waals surface area contributed by atoms with Crippen LogP contribution in [-0.2, 0) is 16.0 Å². The number of carbonyl (C=O) groups excluding carboxylic acids is 2. The summed E-state index contributed by atoms with van der Waals surface area (Å²) in [6, 6.07) is 5.80. The molecule has 1 aromatic carbocycles. The largest absolute Gasteiger partial charge is 0.493 e. The highest BCUT2D eigenvalue weighted by atomic mass is 16.5. The van der Waals surface area contributed by atoms with E-state index in [1.165, 1.54) is 44.9 Å². The first-order chi connectivity index (χ1) is 27.3. The van der Waals surface area contributed by atoms with Gasteiger partial charge in [-0.05, 0) is 154 Å². The maximum absolute atomic E-state index is 15.1. The molecule has 8 unspecified atom stereocenters. The summed E-state index contributed by atoms with van der Waals surface area (Å²) in [6.07, 6.45) is 26.1. The van der Waals surface area contributed by atoms with Crippen LogP contribution < -0.4 is 9.47 Å². The van der Waals surface area contributed by atoms with Gasteiger partial charge in [0.2, 0.25) is 5.91 Å². The fourth-order valence-corrected chi connectivity index (χ4v) is 16.9. The van der Waals surface area contributed by atoms with Crippen LogP contribution in [0.5, 0.6) is 11.5 Å². The number of methoxy groups -OCH3 is 2. The highest BCUT2D eigenvalue weighted by Crippen LogP contribution is 2.78. The van der Waals surface area contributed by atoms with Crippen molar-refractivity contribution in [2.45, 2.75) is 148 Å². The first kappa shape index (κ1) is 38.6. The Morgan fingerprint density at radius 3 is 2.11 bits per heavy atom. The van der Waals surface area contributed by atoms with Crippen molar-refractivity contribution < 1.29 is 29.3 Å². The number of ether oxygens (including phenoxy) is 2. The number of hydrogen-bond acceptors (Lipinski definition) is 6. The van der Waals surface area contributed by atoms with Crippen molar-refractivity contribution in [3.63, 3.8) is 0 Å². The van der Waals surface area contributed by atoms with E-state index in [-0.39, 0.29) is 46.5 Å². The Balaban J connectivity index is 1.01. The Morgan fingerprint density at radius 2 is 1.42 bits per heavy atom. The number of aliphatic hydroxyl groups excluding tert-OH is 1. The monoisotopic (exact) mass is 780 g/mol. The summed E-state index contributed by atoms with van der Waals surface area (Å²) in [4.78, 5) is 32.2. The zero-order valence-corrected chi connectivity index (χ0v) is 35.3. The molecule has 0 saturated heterocycles. The molecule has 8 saturated carbocycles. The Labute approximate surface area is 341 Å². The first-order valence-corrected chi connectivity index (χ1v) is 23.2. The van der Waals surface area contributed by atoms with Gasteiger partial charge in [0.05, 0.1) is 32.3 Å². The lowest BCUT2D eigenvalue weighted by atomic mass is 9.32. The standard InChI is InChI=1S/C50H69NO6/c1-45-15-12-37(52)28-48(45)18-19-50(38(29-48)44(54)36-8-6-5-7-9-36)41(45)13-16-46(2)42(50)14-17-49(46,55)31-51(30-47-25-33-20-34(26-47)22-35(21-33)27-47)43(53)24-32-10-11-39(56-3)40(23-32)57-4/h10-11,18-19,23,29,33-37,41-42,52,55H,5-9,12-17,20-22,24-28,30-31H2,1-4H3. The number of nitrogens with zero attached hydrogens (tertiary/aromatic N) is 1. The maximum atomic E-state index is 15.1. The molecule has 6 bridgehead atoms. The highest BCUT2D eigenvalue weighted by molar-refractivity contribution is 6.00. The van der Waals surface area contributed by atoms with E-state index < -0.39 is 16.4 Å². The molecular formula is C50H69NO6. The zero-order chi connectivity index (χ0) is 39.6. The predicted octanol–water partition coefficient (Wildman–Crippen LogP) is 9.03. The average Bonchev–Trinajstić information content (AvgIpc) is 3.46. The Hall–Kier alpha value is -2.64. The summed E-state index contributed by atoms with van der Waals surface area (Å²) in [5.41, 5.74) is -0.253. The molecule has 2 spiro atoms. The highest BCUT2D eigenvalue weighted by Gasteiger charge is 2.75. The number of amides is 1. The lowest BCUT2D eigenvalue weighted by Crippen LogP contribution is -2.68. The number of aliphatic hydroxyl groups is 2. The lowest BCUT2D eigenvalue weighted by molar-refractivity contribution is -0.183. The van der Waals surface area contributed by atoms with Gasteiger partial charge in [0.1, 0.15) is 0 Å². The topological polar surface area (TPSA) is 96.3 Å². The summed E-state index contributed by atoms with van der Waals surface area (Å²) < 4.78 is 11.2. The molecule has 12 rings (SSSR count). The second-order valence-electron chi connectivity index (χ2n) is 22.0. The van der Waals surface area contributed by atoms with E-state index in [1.54, 1.807) is 14.2 Å². The molecule has 7 heteroatoms. The average molecular weight is 780 g/mol. The van der Waals surface area contributed by atoms with E-state index in [0.717, 1.165) is 93.2 Å². The normalized spacial score (nSPS) is 45.2. The van der Waals surface area contributed by atoms with Crippen LogP contribution in [0.4, 0.5) is 0 Å². The van der Waals surface area contributed by atoms with Crippen LogP contribution >= 0.6 is 0 Å². The summed E-state index contributed by atoms with van der Waals surface area (Å²) >= 11 is 0. The van der Waals surface area contributed by atoms with Gasteiger partial charge in [-0.15, -0.1) is 0 Å². The van der Waals surface area contributed by atoms with Crippen LogP contribution in [0, 0.1) is 62.6 Å². The Kier molecular flexibility index (Phi) is 9.09. The number of rotatable bonds is 10. The molecule has 11 aliphatic carbocycles. The fraction of sp³-hybridized carbons (Fsp3) is 0.760. The second kappa shape index (κ2) is 13.4. The van der Waals surface area contributed by atoms with Crippen molar-refractivity contribution >= 4 is 11.7 Å². The smallest absolute Gasteiger partial charge is 0.227 e. The number of fused-ring (bicyclic) bond motifs is 1. The fourth-order valence-electron chi connectivity index (χ4n) is 16.9. The molecule has 0 aliphatic heterocycles. The third-order valence-corrected chi connectivity index (χ3v) is 19.3. The SMILES string of the molecule is COc1ccc(CC(=O)N(CC23CC4CC(CC(C4)C2)C3)CC2(O)CCC3C45C=CC6(C=C4C(=O)C4CCCCC4)CC(O)CCC6(C)C5CCC32C)cc1OC. The lowest BCUT2D eigenvalue weighted by Gasteiger charge is -2.71. The van der Waals surface area contributed by atoms with Crippen molar-refractivity contribution in [3.05, 3.63) is 47.6 Å². The molecule has 1 aromatic rings. The molecule has 8 fully saturated rings. The van der Waals surface area contributed by atoms with E-state index in [9.17, 15) is 15.0 Å². The van der Waals surface area contributed by atoms with Gasteiger partial charge in [0, 0.05) is 40.8 Å². The van der Waals surface area contributed by atoms with Crippen LogP contribution in [0.1, 0.15) is 135 Å². The van der Waals surface area contributed by atoms with Gasteiger partial charge < -0.3 is 24.6 Å². The third kappa shape index (κ3) is 5.61. The summed E-state index contributed by atoms with van der Waals surface area (Å²) in [5.74, 6) is 4.52. The van der Waals surface area contributed by atoms with Crippen LogP contribution in [0.15, 0.2) is 42.0 Å². The van der Waals surface area contributed by atoms with Crippen LogP contribution in [0.3, 0.4) is 0 Å². The first-order valence-electron chi connectivity index (χ1n) is 23.2. The van der Waals surface area contributed by atoms with Gasteiger partial charge in [-0.1, -0.05) is 57.4 Å². The van der Waals surface area contributed by atoms with Gasteiger partial charge in [-0.2, -0.15) is 0 Å². The van der Waals surface area contributed by atoms with Crippen LogP contribution in [0.2, 0.25) is 0 Å². The van der Waals surface area contributed by atoms with Gasteiger partial charge in [-0.25, -0.2) is 0 Å². The van der Waals surface area contributed by atoms with Crippen molar-refractivity contribution in [3.8, 4) is 11.5 Å². The number of hydrogen-bond donors (Lipinski definition) is 2. The van der Waals surface area contributed by atoms with Crippen LogP contribution in [-0.4, -0.2) is 65.8 Å². The maximum Gasteiger partial charge on any atom is 0.227 e. The summed E-state index contributed by atoms with van der Waals surface area (Å²) in [6.45, 7) is 5.90. The zero-order valence-electron chi connectivity index (χ0n) is 35.3. The van der Waals surface area contributed by atoms with Crippen molar-refractivity contribution in [2.24, 2.45) is 62.6 Å². The molecule has 0 heterocycles. The molecule has 310 valence electrons. The van der Waals surface area contributed by atoms with Gasteiger partial charge in [-0.3, -0.25) is 9.59 Å². The van der Waals surface area contributed by atoms with Crippen molar-refractivity contribution in [1.29, 1.82) is 0 Å². The van der Waals surface area contributed by atoms with Gasteiger partial charge >= 0.3 is 0 Å². The minimum Gasteiger partial charge on any atom is -0.493 e. The molecule has 1 amide bonds. The van der Waals surface area contributed by atoms with E-state index in [1.807, 2.05) is 18.2 Å². The summed E-state index contributed by atoms with van der Waals surface area (Å²) in [7, 11) is 3.27. The Bertz CT molecular complexity index is 1830. The Morgan fingerprint density at radius 1 is 0.772 bits per heavy atom. The van der Waals surface area contributed by atoms with E-state index in [2.05, 4.69) is 37.0 Å². The van der Waals surface area contributed by atoms with E-state index >= 15 is 4.79 Å². The van der Waals surface area contributed by atoms with Gasteiger partial charge in [0.25, 0.3) is 0 Å². The summed E-state index contributed by atoms with van der Waals surface area (Å²) in [5, 5.41) is 24.7. The molecule has 8 atom stereocenters. The van der Waals surface area contributed by atoms with E-state index in [4.69, 9.17) is 9.47 Å². The van der Waals surface area contributed by atoms with Crippen molar-refractivity contribution in [1.82, 2.24) is 4.90 Å². The van der Waals surface area contributed by atoms with Gasteiger partial charge in [0.15, 0.2) is 17.3 Å². The second-order valence-corrected chi connectivity index (χ2v) is 22.0. The van der Waals surface area contributed by atoms with E-state index in [0.29, 0.717) is 42.6 Å². The van der Waals surface area contributed by atoms with Crippen LogP contribution in [0.25, 0.3) is 0 Å². The number of carbonyl (C=O) groups is 2. The predicted molar refractivity (Wildman–Crippen MR) is 221 cm³/mol. The number of ketones is 1. The number of benzene rings is 1. The molecule has 57 heavy (non-hydrogen) atoms. The number of allylic oxidation sites excluding steroid dienone is 4. The molecular weight excluding hydrogens is 711 g/mol. The molecule has 11 aliphatic rings. The third-order valence-electron chi connectivity index (χ3n) is 19.3. The quantitative estimate of drug-likeness (QED) is 0.230. The molecule has 0 radical (unpaired) electrons. The number of Topliss-reactive ketones (excluding diaryl/α,β-unsaturated/α-hetero) is 1. The molecule has 0 aromatic heterocycles. The van der Waals surface area contributed by atoms with Crippen molar-refractivity contribution in [2.75, 3.05) is 27.3 Å². The molecule has 2 N–H and O–H groups in total. The minimum atomic E-state index is -1.07. The minimum absolute atomic E-state index is 0.0424.